The van der Waals surface area contributed by atoms with Gasteiger partial charge in [-0.2, -0.15) is 0 Å². The number of likely N-dealkylation sites (N-methyl/N-ethyl adjacent to an activating group) is 1. The molecule has 1 fully saturated rings. The number of anilines is 1. The van der Waals surface area contributed by atoms with Gasteiger partial charge in [0, 0.05) is 38.4 Å². The fourth-order valence-electron chi connectivity index (χ4n) is 2.53. The molecule has 0 spiro atoms. The summed E-state index contributed by atoms with van der Waals surface area (Å²) in [5, 5.41) is 6.12. The summed E-state index contributed by atoms with van der Waals surface area (Å²) in [6, 6.07) is 8.32. The van der Waals surface area contributed by atoms with Crippen molar-refractivity contribution < 1.29 is 9.53 Å². The van der Waals surface area contributed by atoms with Gasteiger partial charge >= 0.3 is 0 Å². The van der Waals surface area contributed by atoms with E-state index in [2.05, 4.69) is 41.5 Å². The van der Waals surface area contributed by atoms with E-state index in [0.717, 1.165) is 19.6 Å². The Kier molecular flexibility index (Phi) is 11.0. The summed E-state index contributed by atoms with van der Waals surface area (Å²) in [4.78, 5) is 14.3. The highest BCUT2D eigenvalue weighted by molar-refractivity contribution is 5.85. The van der Waals surface area contributed by atoms with Gasteiger partial charge in [-0.05, 0) is 25.5 Å². The first kappa shape index (κ1) is 22.0. The van der Waals surface area contributed by atoms with Crippen molar-refractivity contribution in [3.8, 4) is 0 Å². The van der Waals surface area contributed by atoms with E-state index in [4.69, 9.17) is 4.74 Å². The van der Waals surface area contributed by atoms with Crippen LogP contribution in [0.1, 0.15) is 12.5 Å². The third kappa shape index (κ3) is 6.55. The maximum Gasteiger partial charge on any atom is 0.250 e. The highest BCUT2D eigenvalue weighted by Gasteiger charge is 2.21. The van der Waals surface area contributed by atoms with Crippen LogP contribution >= 0.6 is 24.8 Å². The average molecular weight is 364 g/mol. The van der Waals surface area contributed by atoms with Gasteiger partial charge in [-0.15, -0.1) is 24.8 Å². The molecule has 1 aliphatic rings. The first-order valence-electron chi connectivity index (χ1n) is 7.63. The molecule has 0 aromatic heterocycles. The molecule has 132 valence electrons. The predicted octanol–water partition coefficient (Wildman–Crippen LogP) is 1.77. The van der Waals surface area contributed by atoms with Crippen LogP contribution in [0.4, 0.5) is 5.69 Å². The summed E-state index contributed by atoms with van der Waals surface area (Å²) in [7, 11) is 0. The van der Waals surface area contributed by atoms with E-state index < -0.39 is 0 Å². The molecule has 0 aliphatic carbocycles. The van der Waals surface area contributed by atoms with Crippen molar-refractivity contribution in [1.82, 2.24) is 10.6 Å². The maximum absolute atomic E-state index is 12.0. The monoisotopic (exact) mass is 363 g/mol. The van der Waals surface area contributed by atoms with Gasteiger partial charge in [-0.1, -0.05) is 18.2 Å². The normalized spacial score (nSPS) is 16.7. The Morgan fingerprint density at radius 1 is 1.39 bits per heavy atom. The molecule has 7 heteroatoms. The second-order valence-electron chi connectivity index (χ2n) is 5.22. The van der Waals surface area contributed by atoms with Crippen LogP contribution in [0, 0.1) is 6.92 Å². The van der Waals surface area contributed by atoms with Crippen molar-refractivity contribution in [3.05, 3.63) is 29.8 Å². The Hall–Kier alpha value is -1.01. The number of amides is 1. The lowest BCUT2D eigenvalue weighted by Crippen LogP contribution is -2.49. The maximum atomic E-state index is 12.0. The fraction of sp³-hybridized carbons (Fsp3) is 0.562. The van der Waals surface area contributed by atoms with E-state index >= 15 is 0 Å². The third-order valence-corrected chi connectivity index (χ3v) is 3.74. The second-order valence-corrected chi connectivity index (χ2v) is 5.22. The van der Waals surface area contributed by atoms with E-state index in [9.17, 15) is 4.79 Å². The van der Waals surface area contributed by atoms with Gasteiger partial charge < -0.3 is 20.3 Å². The molecule has 1 unspecified atom stereocenters. The number of carbonyl (C=O) groups excluding carboxylic acids is 1. The highest BCUT2D eigenvalue weighted by atomic mass is 35.5. The molecular weight excluding hydrogens is 337 g/mol. The van der Waals surface area contributed by atoms with Crippen molar-refractivity contribution in [3.63, 3.8) is 0 Å². The van der Waals surface area contributed by atoms with Gasteiger partial charge in [0.15, 0.2) is 0 Å². The zero-order valence-electron chi connectivity index (χ0n) is 13.7. The van der Waals surface area contributed by atoms with Crippen LogP contribution in [-0.4, -0.2) is 51.3 Å². The van der Waals surface area contributed by atoms with Crippen molar-refractivity contribution in [2.24, 2.45) is 0 Å². The van der Waals surface area contributed by atoms with Crippen LogP contribution in [-0.2, 0) is 9.53 Å². The number of nitrogens with one attached hydrogen (secondary N) is 2. The Morgan fingerprint density at radius 2 is 2.13 bits per heavy atom. The Bertz CT molecular complexity index is 468. The molecule has 1 aromatic carbocycles. The summed E-state index contributed by atoms with van der Waals surface area (Å²) in [6.07, 6.45) is -0.354. The zero-order chi connectivity index (χ0) is 15.1. The number of morpholine rings is 1. The first-order valence-corrected chi connectivity index (χ1v) is 7.63. The van der Waals surface area contributed by atoms with Crippen LogP contribution < -0.4 is 15.5 Å². The van der Waals surface area contributed by atoms with E-state index in [0.29, 0.717) is 19.7 Å². The van der Waals surface area contributed by atoms with E-state index in [1.54, 1.807) is 0 Å². The van der Waals surface area contributed by atoms with E-state index in [1.165, 1.54) is 11.3 Å². The lowest BCUT2D eigenvalue weighted by Gasteiger charge is -2.26. The van der Waals surface area contributed by atoms with Crippen LogP contribution in [0.5, 0.6) is 0 Å². The Morgan fingerprint density at radius 3 is 2.74 bits per heavy atom. The molecule has 1 atom stereocenters. The summed E-state index contributed by atoms with van der Waals surface area (Å²) in [5.74, 6) is -0.0250. The summed E-state index contributed by atoms with van der Waals surface area (Å²) in [5.41, 5.74) is 2.48. The zero-order valence-corrected chi connectivity index (χ0v) is 15.3. The fourth-order valence-corrected chi connectivity index (χ4v) is 2.53. The van der Waals surface area contributed by atoms with Gasteiger partial charge in [0.25, 0.3) is 5.91 Å². The second kappa shape index (κ2) is 11.5. The van der Waals surface area contributed by atoms with Crippen molar-refractivity contribution in [2.75, 3.05) is 44.2 Å². The van der Waals surface area contributed by atoms with Crippen molar-refractivity contribution >= 4 is 36.4 Å². The molecule has 2 rings (SSSR count). The number of hydrogen-bond acceptors (Lipinski definition) is 4. The summed E-state index contributed by atoms with van der Waals surface area (Å²) >= 11 is 0. The number of carbonyl (C=O) groups is 1. The van der Waals surface area contributed by atoms with E-state index in [1.807, 2.05) is 12.1 Å². The summed E-state index contributed by atoms with van der Waals surface area (Å²) < 4.78 is 5.44. The molecule has 2 N–H and O–H groups in total. The molecule has 0 bridgehead atoms. The number of nitrogens with zero attached hydrogens (tertiary/aromatic N) is 1. The molecular formula is C16H27Cl2N3O2. The van der Waals surface area contributed by atoms with Crippen LogP contribution in [0.2, 0.25) is 0 Å². The third-order valence-electron chi connectivity index (χ3n) is 3.74. The number of para-hydroxylation sites is 1. The van der Waals surface area contributed by atoms with Crippen molar-refractivity contribution in [1.29, 1.82) is 0 Å². The SMILES string of the molecule is CCN(CCNC(=O)C1CNCCO1)c1ccccc1C.Cl.Cl. The number of ether oxygens (including phenoxy) is 1. The molecule has 1 aliphatic heterocycles. The molecule has 23 heavy (non-hydrogen) atoms. The van der Waals surface area contributed by atoms with Gasteiger partial charge in [0.2, 0.25) is 0 Å². The van der Waals surface area contributed by atoms with E-state index in [-0.39, 0.29) is 36.8 Å². The lowest BCUT2D eigenvalue weighted by molar-refractivity contribution is -0.134. The topological polar surface area (TPSA) is 53.6 Å². The van der Waals surface area contributed by atoms with Gasteiger partial charge in [-0.25, -0.2) is 0 Å². The van der Waals surface area contributed by atoms with Crippen molar-refractivity contribution in [2.45, 2.75) is 20.0 Å². The Labute approximate surface area is 151 Å². The molecule has 1 heterocycles. The molecule has 1 amide bonds. The first-order chi connectivity index (χ1) is 10.2. The minimum absolute atomic E-state index is 0. The largest absolute Gasteiger partial charge is 0.370 e. The Balaban J connectivity index is 0.00000242. The minimum atomic E-state index is -0.354. The van der Waals surface area contributed by atoms with Crippen LogP contribution in [0.25, 0.3) is 0 Å². The highest BCUT2D eigenvalue weighted by Crippen LogP contribution is 2.18. The quantitative estimate of drug-likeness (QED) is 0.808. The molecule has 1 aromatic rings. The number of rotatable bonds is 6. The molecule has 0 saturated carbocycles. The summed E-state index contributed by atoms with van der Waals surface area (Å²) in [6.45, 7) is 8.60. The van der Waals surface area contributed by atoms with Gasteiger partial charge in [-0.3, -0.25) is 4.79 Å². The van der Waals surface area contributed by atoms with Gasteiger partial charge in [0.1, 0.15) is 6.10 Å². The standard InChI is InChI=1S/C16H25N3O2.2ClH/c1-3-19(14-7-5-4-6-13(14)2)10-8-18-16(20)15-12-17-9-11-21-15;;/h4-7,15,17H,3,8-12H2,1-2H3,(H,18,20);2*1H. The minimum Gasteiger partial charge on any atom is -0.370 e. The van der Waals surface area contributed by atoms with Crippen LogP contribution in [0.15, 0.2) is 24.3 Å². The molecule has 5 nitrogen and oxygen atoms in total. The smallest absolute Gasteiger partial charge is 0.250 e. The van der Waals surface area contributed by atoms with Gasteiger partial charge in [0.05, 0.1) is 6.61 Å². The molecule has 1 saturated heterocycles. The van der Waals surface area contributed by atoms with Crippen LogP contribution in [0.3, 0.4) is 0 Å². The molecule has 0 radical (unpaired) electrons. The lowest BCUT2D eigenvalue weighted by atomic mass is 10.2. The average Bonchev–Trinajstić information content (AvgIpc) is 2.53. The predicted molar refractivity (Wildman–Crippen MR) is 99.2 cm³/mol. The number of benzene rings is 1. The number of hydrogen-bond donors (Lipinski definition) is 2. The number of halogens is 2. The number of aryl methyl sites for hydroxylation is 1.